The first-order valence-corrected chi connectivity index (χ1v) is 20.9. The Labute approximate surface area is 232 Å². The molecule has 11 heteroatoms. The molecule has 0 bridgehead atoms. The van der Waals surface area contributed by atoms with Crippen LogP contribution < -0.4 is 4.74 Å². The normalized spacial score (nSPS) is 12.4. The Kier molecular flexibility index (Phi) is 9.39. The van der Waals surface area contributed by atoms with E-state index in [1.165, 1.54) is 0 Å². The van der Waals surface area contributed by atoms with Gasteiger partial charge in [0.15, 0.2) is 0 Å². The van der Waals surface area contributed by atoms with E-state index >= 15 is 0 Å². The van der Waals surface area contributed by atoms with E-state index in [1.54, 1.807) is 17.1 Å². The first-order valence-electron chi connectivity index (χ1n) is 13.4. The van der Waals surface area contributed by atoms with Crippen molar-refractivity contribution in [3.63, 3.8) is 0 Å². The molecule has 0 saturated carbocycles. The van der Waals surface area contributed by atoms with Crippen LogP contribution in [0.15, 0.2) is 48.8 Å². The molecule has 39 heavy (non-hydrogen) atoms. The van der Waals surface area contributed by atoms with Crippen molar-refractivity contribution in [2.45, 2.75) is 71.4 Å². The number of benzene rings is 1. The minimum Gasteiger partial charge on any atom is -0.439 e. The highest BCUT2D eigenvalue weighted by atomic mass is 28.3. The van der Waals surface area contributed by atoms with Gasteiger partial charge in [0.2, 0.25) is 5.88 Å². The fourth-order valence-corrected chi connectivity index (χ4v) is 5.47. The lowest BCUT2D eigenvalue weighted by atomic mass is 10.2. The van der Waals surface area contributed by atoms with Crippen molar-refractivity contribution in [2.75, 3.05) is 13.2 Å². The van der Waals surface area contributed by atoms with Crippen LogP contribution in [0.3, 0.4) is 0 Å². The van der Waals surface area contributed by atoms with E-state index in [0.717, 1.165) is 40.9 Å². The second-order valence-electron chi connectivity index (χ2n) is 12.2. The highest BCUT2D eigenvalue weighted by molar-refractivity contribution is 6.76. The lowest BCUT2D eigenvalue weighted by Crippen LogP contribution is -2.22. The van der Waals surface area contributed by atoms with Gasteiger partial charge < -0.3 is 19.3 Å². The number of aliphatic hydroxyl groups excluding tert-OH is 1. The molecule has 1 N–H and O–H groups in total. The summed E-state index contributed by atoms with van der Waals surface area (Å²) >= 11 is 0. The maximum Gasteiger partial charge on any atom is 0.219 e. The molecule has 3 aromatic heterocycles. The van der Waals surface area contributed by atoms with Crippen LogP contribution >= 0.6 is 0 Å². The molecule has 0 unspecified atom stereocenters. The lowest BCUT2D eigenvalue weighted by molar-refractivity contribution is 0.0798. The van der Waals surface area contributed by atoms with Crippen molar-refractivity contribution in [3.8, 4) is 22.9 Å². The first kappa shape index (κ1) is 29.2. The predicted octanol–water partition coefficient (Wildman–Crippen LogP) is 6.20. The summed E-state index contributed by atoms with van der Waals surface area (Å²) in [7, 11) is -2.30. The number of nitrogens with zero attached hydrogens (tertiary/aromatic N) is 5. The van der Waals surface area contributed by atoms with Gasteiger partial charge in [0.25, 0.3) is 0 Å². The van der Waals surface area contributed by atoms with Gasteiger partial charge in [0.05, 0.1) is 23.5 Å². The Morgan fingerprint density at radius 1 is 0.846 bits per heavy atom. The van der Waals surface area contributed by atoms with E-state index in [2.05, 4.69) is 54.5 Å². The average Bonchev–Trinajstić information content (AvgIpc) is 3.48. The molecule has 3 heterocycles. The molecule has 210 valence electrons. The van der Waals surface area contributed by atoms with Gasteiger partial charge in [0, 0.05) is 64.8 Å². The summed E-state index contributed by atoms with van der Waals surface area (Å²) in [6.07, 6.45) is 3.55. The van der Waals surface area contributed by atoms with Gasteiger partial charge >= 0.3 is 0 Å². The molecule has 0 aliphatic carbocycles. The second kappa shape index (κ2) is 12.6. The Balaban J connectivity index is 1.42. The molecule has 0 saturated heterocycles. The quantitative estimate of drug-likeness (QED) is 0.143. The number of fused-ring (bicyclic) bond motifs is 1. The van der Waals surface area contributed by atoms with Crippen molar-refractivity contribution < 1.29 is 19.3 Å². The molecular weight excluding hydrogens is 527 g/mol. The zero-order valence-electron chi connectivity index (χ0n) is 24.0. The fraction of sp³-hybridized carbons (Fsp3) is 0.464. The summed E-state index contributed by atoms with van der Waals surface area (Å²) in [6, 6.07) is 13.7. The van der Waals surface area contributed by atoms with Crippen LogP contribution in [-0.2, 0) is 29.5 Å². The maximum atomic E-state index is 9.78. The van der Waals surface area contributed by atoms with Crippen LogP contribution in [0.1, 0.15) is 5.69 Å². The summed E-state index contributed by atoms with van der Waals surface area (Å²) in [6.45, 7) is 16.0. The number of hydrogen-bond acceptors (Lipinski definition) is 7. The van der Waals surface area contributed by atoms with E-state index < -0.39 is 16.1 Å². The predicted molar refractivity (Wildman–Crippen MR) is 159 cm³/mol. The first-order chi connectivity index (χ1) is 18.5. The van der Waals surface area contributed by atoms with Crippen molar-refractivity contribution >= 4 is 27.1 Å². The van der Waals surface area contributed by atoms with E-state index in [4.69, 9.17) is 14.2 Å². The summed E-state index contributed by atoms with van der Waals surface area (Å²) in [5.41, 5.74) is 3.34. The minimum absolute atomic E-state index is 0.137. The summed E-state index contributed by atoms with van der Waals surface area (Å²) in [5, 5.41) is 19.6. The Bertz CT molecular complexity index is 1360. The van der Waals surface area contributed by atoms with Crippen LogP contribution in [0, 0.1) is 0 Å². The molecule has 4 rings (SSSR count). The van der Waals surface area contributed by atoms with Crippen molar-refractivity contribution in [3.05, 3.63) is 54.5 Å². The van der Waals surface area contributed by atoms with Gasteiger partial charge in [-0.15, -0.1) is 0 Å². The van der Waals surface area contributed by atoms with E-state index in [9.17, 15) is 5.11 Å². The molecule has 0 spiro atoms. The number of aliphatic hydroxyl groups is 1. The van der Waals surface area contributed by atoms with Gasteiger partial charge in [-0.3, -0.25) is 0 Å². The van der Waals surface area contributed by atoms with Crippen molar-refractivity contribution in [1.29, 1.82) is 0 Å². The molecular formula is C28H41N5O4Si2. The van der Waals surface area contributed by atoms with Crippen LogP contribution in [0.25, 0.3) is 22.2 Å². The third kappa shape index (κ3) is 8.32. The zero-order valence-corrected chi connectivity index (χ0v) is 26.0. The van der Waals surface area contributed by atoms with Crippen molar-refractivity contribution in [2.24, 2.45) is 0 Å². The molecule has 0 radical (unpaired) electrons. The molecule has 4 aromatic rings. The van der Waals surface area contributed by atoms with E-state index in [1.807, 2.05) is 41.1 Å². The third-order valence-electron chi connectivity index (χ3n) is 6.34. The van der Waals surface area contributed by atoms with Crippen LogP contribution in [0.5, 0.6) is 11.6 Å². The minimum atomic E-state index is -1.17. The van der Waals surface area contributed by atoms with Gasteiger partial charge in [-0.1, -0.05) is 39.3 Å². The lowest BCUT2D eigenvalue weighted by Gasteiger charge is -2.16. The van der Waals surface area contributed by atoms with Gasteiger partial charge in [-0.2, -0.15) is 10.2 Å². The Morgan fingerprint density at radius 3 is 2.15 bits per heavy atom. The maximum absolute atomic E-state index is 9.78. The molecule has 9 nitrogen and oxygen atoms in total. The molecule has 1 aromatic carbocycles. The number of pyridine rings is 1. The Morgan fingerprint density at radius 2 is 1.54 bits per heavy atom. The number of rotatable bonds is 14. The van der Waals surface area contributed by atoms with E-state index in [-0.39, 0.29) is 6.61 Å². The Hall–Kier alpha value is -2.84. The van der Waals surface area contributed by atoms with Crippen molar-refractivity contribution in [1.82, 2.24) is 24.5 Å². The van der Waals surface area contributed by atoms with Crippen LogP contribution in [0.4, 0.5) is 0 Å². The molecule has 0 atom stereocenters. The number of aromatic nitrogens is 5. The molecule has 0 aliphatic heterocycles. The summed E-state index contributed by atoms with van der Waals surface area (Å²) < 4.78 is 21.5. The number of ether oxygens (including phenoxy) is 3. The van der Waals surface area contributed by atoms with Crippen LogP contribution in [0.2, 0.25) is 51.4 Å². The van der Waals surface area contributed by atoms with Gasteiger partial charge in [-0.05, 0) is 36.4 Å². The van der Waals surface area contributed by atoms with Gasteiger partial charge in [0.1, 0.15) is 19.2 Å². The third-order valence-corrected chi connectivity index (χ3v) is 9.75. The monoisotopic (exact) mass is 567 g/mol. The average molecular weight is 568 g/mol. The molecule has 0 amide bonds. The topological polar surface area (TPSA) is 96.5 Å². The fourth-order valence-electron chi connectivity index (χ4n) is 3.95. The summed E-state index contributed by atoms with van der Waals surface area (Å²) in [4.78, 5) is 4.53. The smallest absolute Gasteiger partial charge is 0.219 e. The number of hydrogen-bond donors (Lipinski definition) is 1. The SMILES string of the molecule is C[Si](C)(C)CCOCn1nccc1-c1ccc(Oc2ccc3c(CO)nn(COCC[Si](C)(C)C)c3c2)nc1. The van der Waals surface area contributed by atoms with E-state index in [0.29, 0.717) is 37.4 Å². The zero-order chi connectivity index (χ0) is 28.0. The largest absolute Gasteiger partial charge is 0.439 e. The van der Waals surface area contributed by atoms with Gasteiger partial charge in [-0.25, -0.2) is 14.3 Å². The standard InChI is InChI=1S/C28H41N5O4Si2/c1-38(2,3)15-13-35-20-32-26(11-12-30-32)22-7-10-28(29-18-22)37-23-8-9-24-25(19-34)31-33(27(24)17-23)21-36-14-16-39(4,5)6/h7-12,17-18,34H,13-16,19-21H2,1-6H3. The highest BCUT2D eigenvalue weighted by Gasteiger charge is 2.15. The van der Waals surface area contributed by atoms with Crippen LogP contribution in [-0.4, -0.2) is 59.0 Å². The summed E-state index contributed by atoms with van der Waals surface area (Å²) in [5.74, 6) is 1.12. The molecule has 0 fully saturated rings. The highest BCUT2D eigenvalue weighted by Crippen LogP contribution is 2.28. The molecule has 0 aliphatic rings. The second-order valence-corrected chi connectivity index (χ2v) is 23.4.